The van der Waals surface area contributed by atoms with Crippen molar-refractivity contribution < 1.29 is 36.6 Å². The van der Waals surface area contributed by atoms with Gasteiger partial charge in [0.15, 0.2) is 6.10 Å². The van der Waals surface area contributed by atoms with Crippen molar-refractivity contribution in [3.05, 3.63) is 12.7 Å². The molecule has 0 aliphatic heterocycles. The Labute approximate surface area is 142 Å². The molecule has 0 heterocycles. The van der Waals surface area contributed by atoms with E-state index >= 15 is 0 Å². The van der Waals surface area contributed by atoms with Crippen molar-refractivity contribution in [1.82, 2.24) is 0 Å². The Kier molecular flexibility index (Phi) is 4.41. The lowest BCUT2D eigenvalue weighted by Gasteiger charge is -2.59. The summed E-state index contributed by atoms with van der Waals surface area (Å²) in [6, 6.07) is 0. The highest BCUT2D eigenvalue weighted by Gasteiger charge is 2.68. The van der Waals surface area contributed by atoms with Gasteiger partial charge in [0.05, 0.1) is 0 Å². The Hall–Kier alpha value is -1.18. The second-order valence-electron chi connectivity index (χ2n) is 7.92. The molecule has 4 saturated carbocycles. The lowest BCUT2D eigenvalue weighted by Crippen LogP contribution is -2.63. The zero-order chi connectivity index (χ0) is 18.6. The molecule has 2 unspecified atom stereocenters. The molecule has 8 heteroatoms. The molecule has 2 atom stereocenters. The molecule has 0 aromatic rings. The summed E-state index contributed by atoms with van der Waals surface area (Å²) in [5, 5.41) is 9.28. The van der Waals surface area contributed by atoms with Crippen molar-refractivity contribution in [3.8, 4) is 0 Å². The fourth-order valence-corrected chi connectivity index (χ4v) is 5.64. The minimum Gasteiger partial charge on any atom is -0.452 e. The lowest BCUT2D eigenvalue weighted by atomic mass is 9.47. The first-order valence-corrected chi connectivity index (χ1v) is 8.43. The van der Waals surface area contributed by atoms with Crippen LogP contribution >= 0.6 is 0 Å². The second kappa shape index (κ2) is 5.93. The van der Waals surface area contributed by atoms with Crippen molar-refractivity contribution in [3.63, 3.8) is 0 Å². The van der Waals surface area contributed by atoms with Gasteiger partial charge in [0.25, 0.3) is 0 Å². The van der Waals surface area contributed by atoms with Gasteiger partial charge in [-0.05, 0) is 56.3 Å². The average Bonchev–Trinajstić information content (AvgIpc) is 2.48. The highest BCUT2D eigenvalue weighted by Crippen LogP contribution is 2.64. The van der Waals surface area contributed by atoms with Crippen LogP contribution in [0, 0.1) is 23.2 Å². The Bertz CT molecular complexity index is 522. The molecule has 0 radical (unpaired) electrons. The summed E-state index contributed by atoms with van der Waals surface area (Å²) in [5.41, 5.74) is -1.22. The quantitative estimate of drug-likeness (QED) is 0.455. The molecule has 1 N–H and O–H groups in total. The summed E-state index contributed by atoms with van der Waals surface area (Å²) < 4.78 is 72.6. The molecule has 3 nitrogen and oxygen atoms in total. The SMILES string of the molecule is C=CC(=O)OC(C12CC3CC(CC(C3)C1)C2)C(F)(F)C(O)C(F)(F)F. The van der Waals surface area contributed by atoms with Crippen LogP contribution in [-0.2, 0) is 9.53 Å². The third-order valence-electron chi connectivity index (χ3n) is 6.07. The van der Waals surface area contributed by atoms with Crippen molar-refractivity contribution in [1.29, 1.82) is 0 Å². The van der Waals surface area contributed by atoms with Gasteiger partial charge in [-0.2, -0.15) is 22.0 Å². The molecule has 0 amide bonds. The Morgan fingerprint density at radius 2 is 1.52 bits per heavy atom. The van der Waals surface area contributed by atoms with E-state index in [0.29, 0.717) is 25.3 Å². The summed E-state index contributed by atoms with van der Waals surface area (Å²) >= 11 is 0. The van der Waals surface area contributed by atoms with Crippen molar-refractivity contribution >= 4 is 5.97 Å². The normalized spacial score (nSPS) is 36.8. The fourth-order valence-electron chi connectivity index (χ4n) is 5.64. The number of rotatable bonds is 5. The standard InChI is InChI=1S/C17H21F5O3/c1-2-12(23)25-14(16(18,19)13(24)17(20,21)22)15-6-9-3-10(7-15)5-11(4-9)8-15/h2,9-11,13-14,24H,1,3-8H2. The molecule has 4 fully saturated rings. The maximum absolute atomic E-state index is 14.7. The first-order valence-electron chi connectivity index (χ1n) is 8.43. The van der Waals surface area contributed by atoms with Crippen LogP contribution in [0.1, 0.15) is 38.5 Å². The number of esters is 1. The van der Waals surface area contributed by atoms with E-state index in [-0.39, 0.29) is 17.8 Å². The zero-order valence-corrected chi connectivity index (χ0v) is 13.6. The number of alkyl halides is 5. The van der Waals surface area contributed by atoms with E-state index in [2.05, 4.69) is 6.58 Å². The van der Waals surface area contributed by atoms with Gasteiger partial charge in [-0.25, -0.2) is 4.79 Å². The molecule has 4 bridgehead atoms. The van der Waals surface area contributed by atoms with E-state index < -0.39 is 35.7 Å². The predicted octanol–water partition coefficient (Wildman–Crippen LogP) is 3.86. The monoisotopic (exact) mass is 368 g/mol. The predicted molar refractivity (Wildman–Crippen MR) is 77.7 cm³/mol. The maximum atomic E-state index is 14.7. The number of halogens is 5. The average molecular weight is 368 g/mol. The van der Waals surface area contributed by atoms with E-state index in [1.807, 2.05) is 0 Å². The summed E-state index contributed by atoms with van der Waals surface area (Å²) in [6.07, 6.45) is -7.49. The summed E-state index contributed by atoms with van der Waals surface area (Å²) in [4.78, 5) is 11.6. The topological polar surface area (TPSA) is 46.5 Å². The number of ether oxygens (including phenoxy) is 1. The molecule has 0 saturated heterocycles. The van der Waals surface area contributed by atoms with Gasteiger partial charge >= 0.3 is 18.1 Å². The van der Waals surface area contributed by atoms with Crippen LogP contribution in [0.4, 0.5) is 22.0 Å². The summed E-state index contributed by atoms with van der Waals surface area (Å²) in [6.45, 7) is 3.13. The van der Waals surface area contributed by atoms with E-state index in [1.165, 1.54) is 0 Å². The van der Waals surface area contributed by atoms with E-state index in [0.717, 1.165) is 19.3 Å². The number of aliphatic hydroxyl groups is 1. The maximum Gasteiger partial charge on any atom is 0.420 e. The molecule has 4 rings (SSSR count). The molecule has 4 aliphatic carbocycles. The molecular weight excluding hydrogens is 347 g/mol. The third kappa shape index (κ3) is 3.17. The van der Waals surface area contributed by atoms with Crippen molar-refractivity contribution in [2.24, 2.45) is 23.2 Å². The van der Waals surface area contributed by atoms with Gasteiger partial charge in [-0.3, -0.25) is 0 Å². The van der Waals surface area contributed by atoms with Gasteiger partial charge in [0.1, 0.15) is 0 Å². The largest absolute Gasteiger partial charge is 0.452 e. The van der Waals surface area contributed by atoms with Crippen molar-refractivity contribution in [2.45, 2.75) is 62.8 Å². The molecule has 0 spiro atoms. The molecule has 0 aromatic heterocycles. The fraction of sp³-hybridized carbons (Fsp3) is 0.824. The van der Waals surface area contributed by atoms with Crippen LogP contribution < -0.4 is 0 Å². The summed E-state index contributed by atoms with van der Waals surface area (Å²) in [5.74, 6) is -5.34. The number of carbonyl (C=O) groups excluding carboxylic acids is 1. The highest BCUT2D eigenvalue weighted by atomic mass is 19.4. The number of hydrogen-bond donors (Lipinski definition) is 1. The highest BCUT2D eigenvalue weighted by molar-refractivity contribution is 5.81. The lowest BCUT2D eigenvalue weighted by molar-refractivity contribution is -0.313. The van der Waals surface area contributed by atoms with Gasteiger partial charge in [-0.15, -0.1) is 0 Å². The van der Waals surface area contributed by atoms with Crippen LogP contribution in [0.2, 0.25) is 0 Å². The Balaban J connectivity index is 1.98. The first kappa shape index (κ1) is 18.6. The van der Waals surface area contributed by atoms with Crippen LogP contribution in [-0.4, -0.2) is 35.4 Å². The van der Waals surface area contributed by atoms with E-state index in [4.69, 9.17) is 4.74 Å². The van der Waals surface area contributed by atoms with Crippen LogP contribution in [0.15, 0.2) is 12.7 Å². The second-order valence-corrected chi connectivity index (χ2v) is 7.92. The van der Waals surface area contributed by atoms with E-state index in [9.17, 15) is 31.9 Å². The third-order valence-corrected chi connectivity index (χ3v) is 6.07. The van der Waals surface area contributed by atoms with Gasteiger partial charge in [0.2, 0.25) is 6.10 Å². The minimum atomic E-state index is -5.51. The van der Waals surface area contributed by atoms with E-state index in [1.54, 1.807) is 0 Å². The molecule has 142 valence electrons. The van der Waals surface area contributed by atoms with Gasteiger partial charge in [-0.1, -0.05) is 6.58 Å². The summed E-state index contributed by atoms with van der Waals surface area (Å²) in [7, 11) is 0. The Morgan fingerprint density at radius 3 is 1.88 bits per heavy atom. The number of carbonyl (C=O) groups is 1. The number of hydrogen-bond acceptors (Lipinski definition) is 3. The van der Waals surface area contributed by atoms with Crippen LogP contribution in [0.5, 0.6) is 0 Å². The molecule has 4 aliphatic rings. The minimum absolute atomic E-state index is 0.162. The molecule has 25 heavy (non-hydrogen) atoms. The number of aliphatic hydroxyl groups excluding tert-OH is 1. The molecular formula is C17H21F5O3. The molecule has 0 aromatic carbocycles. The van der Waals surface area contributed by atoms with Gasteiger partial charge < -0.3 is 9.84 Å². The van der Waals surface area contributed by atoms with Crippen LogP contribution in [0.25, 0.3) is 0 Å². The van der Waals surface area contributed by atoms with Gasteiger partial charge in [0, 0.05) is 11.5 Å². The van der Waals surface area contributed by atoms with Crippen LogP contribution in [0.3, 0.4) is 0 Å². The smallest absolute Gasteiger partial charge is 0.420 e. The Morgan fingerprint density at radius 1 is 1.08 bits per heavy atom. The van der Waals surface area contributed by atoms with Crippen molar-refractivity contribution in [2.75, 3.05) is 0 Å². The first-order chi connectivity index (χ1) is 11.5. The zero-order valence-electron chi connectivity index (χ0n) is 13.6.